The van der Waals surface area contributed by atoms with Gasteiger partial charge in [0.15, 0.2) is 0 Å². The van der Waals surface area contributed by atoms with Crippen molar-refractivity contribution >= 4 is 17.1 Å². The van der Waals surface area contributed by atoms with E-state index in [2.05, 4.69) is 270 Å². The maximum Gasteiger partial charge on any atom is 0.0875 e. The minimum absolute atomic E-state index is 0.135. The Morgan fingerprint density at radius 3 is 1.54 bits per heavy atom. The molecule has 14 rings (SSSR count). The first kappa shape index (κ1) is 39.1. The second-order valence-corrected chi connectivity index (χ2v) is 18.8. The van der Waals surface area contributed by atoms with Crippen LogP contribution in [0.5, 0.6) is 0 Å². The second kappa shape index (κ2) is 15.5. The SMILES string of the molecule is c1ccc(-c2ccc(C3NC(c4ccccc4)N4C(c5cccc(-c6cccc(-c7ccc8c(c7)C7(c9ccccc9-8)c8ccccc8N(c8ccccc8)c8ccccc87)c6)c5)C34)cc2)cc1. The summed E-state index contributed by atoms with van der Waals surface area (Å²) in [5.41, 5.74) is 22.3. The van der Waals surface area contributed by atoms with E-state index in [0.717, 1.165) is 5.69 Å². The van der Waals surface area contributed by atoms with Gasteiger partial charge in [-0.25, -0.2) is 0 Å². The zero-order chi connectivity index (χ0) is 44.8. The van der Waals surface area contributed by atoms with Gasteiger partial charge in [-0.1, -0.05) is 212 Å². The Balaban J connectivity index is 0.838. The van der Waals surface area contributed by atoms with Crippen LogP contribution in [0.15, 0.2) is 255 Å². The number of fused-ring (bicyclic) bond motifs is 10. The smallest absolute Gasteiger partial charge is 0.0875 e. The van der Waals surface area contributed by atoms with Crippen molar-refractivity contribution in [1.82, 2.24) is 10.2 Å². The second-order valence-electron chi connectivity index (χ2n) is 18.8. The number of rotatable bonds is 7. The lowest BCUT2D eigenvalue weighted by atomic mass is 9.64. The van der Waals surface area contributed by atoms with Crippen LogP contribution in [0.1, 0.15) is 57.2 Å². The van der Waals surface area contributed by atoms with E-state index < -0.39 is 5.41 Å². The van der Waals surface area contributed by atoms with Crippen LogP contribution in [0, 0.1) is 0 Å². The molecule has 68 heavy (non-hydrogen) atoms. The average Bonchev–Trinajstić information content (AvgIpc) is 3.92. The molecule has 1 N–H and O–H groups in total. The zero-order valence-electron chi connectivity index (χ0n) is 37.5. The average molecular weight is 870 g/mol. The number of anilines is 3. The van der Waals surface area contributed by atoms with Gasteiger partial charge < -0.3 is 4.90 Å². The van der Waals surface area contributed by atoms with Crippen molar-refractivity contribution in [3.63, 3.8) is 0 Å². The molecule has 0 amide bonds. The quantitative estimate of drug-likeness (QED) is 0.161. The van der Waals surface area contributed by atoms with Gasteiger partial charge in [0.1, 0.15) is 0 Å². The van der Waals surface area contributed by atoms with Crippen LogP contribution in [0.3, 0.4) is 0 Å². The highest BCUT2D eigenvalue weighted by Crippen LogP contribution is 2.64. The molecule has 0 aromatic heterocycles. The van der Waals surface area contributed by atoms with Crippen molar-refractivity contribution in [3.8, 4) is 44.5 Å². The van der Waals surface area contributed by atoms with Gasteiger partial charge in [0, 0.05) is 5.69 Å². The van der Waals surface area contributed by atoms with Gasteiger partial charge in [0.05, 0.1) is 41.1 Å². The molecule has 3 nitrogen and oxygen atoms in total. The molecule has 3 heteroatoms. The van der Waals surface area contributed by atoms with E-state index in [9.17, 15) is 0 Å². The first-order chi connectivity index (χ1) is 33.7. The van der Waals surface area contributed by atoms with Gasteiger partial charge in [-0.05, 0) is 126 Å². The molecule has 4 aliphatic rings. The van der Waals surface area contributed by atoms with Crippen molar-refractivity contribution in [2.45, 2.75) is 29.7 Å². The lowest BCUT2D eigenvalue weighted by Gasteiger charge is -2.45. The van der Waals surface area contributed by atoms with E-state index in [0.29, 0.717) is 12.1 Å². The van der Waals surface area contributed by atoms with Crippen LogP contribution in [0.4, 0.5) is 17.1 Å². The fourth-order valence-electron chi connectivity index (χ4n) is 12.3. The molecule has 2 fully saturated rings. The minimum Gasteiger partial charge on any atom is -0.310 e. The number of nitrogens with one attached hydrogen (secondary N) is 1. The van der Waals surface area contributed by atoms with Crippen LogP contribution >= 0.6 is 0 Å². The molecule has 0 radical (unpaired) electrons. The third-order valence-electron chi connectivity index (χ3n) is 15.3. The molecule has 10 aromatic rings. The van der Waals surface area contributed by atoms with Crippen LogP contribution in [0.25, 0.3) is 44.5 Å². The third kappa shape index (κ3) is 5.93. The van der Waals surface area contributed by atoms with E-state index in [4.69, 9.17) is 0 Å². The van der Waals surface area contributed by atoms with Gasteiger partial charge in [-0.2, -0.15) is 0 Å². The van der Waals surface area contributed by atoms with Crippen molar-refractivity contribution in [1.29, 1.82) is 0 Å². The monoisotopic (exact) mass is 869 g/mol. The largest absolute Gasteiger partial charge is 0.310 e. The Morgan fingerprint density at radius 1 is 0.338 bits per heavy atom. The van der Waals surface area contributed by atoms with Crippen molar-refractivity contribution in [2.75, 3.05) is 4.90 Å². The Morgan fingerprint density at radius 2 is 0.838 bits per heavy atom. The summed E-state index contributed by atoms with van der Waals surface area (Å²) in [6.45, 7) is 0. The molecule has 1 aliphatic carbocycles. The molecule has 2 saturated heterocycles. The fraction of sp³-hybridized carbons (Fsp3) is 0.0769. The van der Waals surface area contributed by atoms with E-state index in [1.54, 1.807) is 0 Å². The maximum absolute atomic E-state index is 4.04. The molecule has 5 atom stereocenters. The summed E-state index contributed by atoms with van der Waals surface area (Å²) < 4.78 is 0. The van der Waals surface area contributed by atoms with E-state index >= 15 is 0 Å². The predicted molar refractivity (Wildman–Crippen MR) is 278 cm³/mol. The summed E-state index contributed by atoms with van der Waals surface area (Å²) in [5, 5.41) is 4.04. The summed E-state index contributed by atoms with van der Waals surface area (Å²) >= 11 is 0. The topological polar surface area (TPSA) is 18.3 Å². The van der Waals surface area contributed by atoms with E-state index in [1.807, 2.05) is 0 Å². The van der Waals surface area contributed by atoms with Crippen molar-refractivity contribution < 1.29 is 0 Å². The lowest BCUT2D eigenvalue weighted by Crippen LogP contribution is -2.36. The Kier molecular flexibility index (Phi) is 8.92. The Bertz CT molecular complexity index is 3480. The summed E-state index contributed by atoms with van der Waals surface area (Å²) in [6, 6.07) is 95.5. The van der Waals surface area contributed by atoms with Gasteiger partial charge in [-0.3, -0.25) is 10.2 Å². The van der Waals surface area contributed by atoms with Gasteiger partial charge in [0.25, 0.3) is 0 Å². The molecule has 10 aromatic carbocycles. The van der Waals surface area contributed by atoms with Crippen LogP contribution < -0.4 is 10.2 Å². The molecular formula is C65H47N3. The van der Waals surface area contributed by atoms with Crippen LogP contribution in [0.2, 0.25) is 0 Å². The number of para-hydroxylation sites is 3. The summed E-state index contributed by atoms with van der Waals surface area (Å²) in [4.78, 5) is 5.13. The van der Waals surface area contributed by atoms with E-state index in [-0.39, 0.29) is 12.2 Å². The minimum atomic E-state index is -0.502. The fourth-order valence-corrected chi connectivity index (χ4v) is 12.3. The number of hydrogen-bond donors (Lipinski definition) is 1. The molecule has 0 bridgehead atoms. The first-order valence-electron chi connectivity index (χ1n) is 24.0. The van der Waals surface area contributed by atoms with Gasteiger partial charge >= 0.3 is 0 Å². The number of hydrogen-bond acceptors (Lipinski definition) is 3. The first-order valence-corrected chi connectivity index (χ1v) is 24.0. The molecule has 322 valence electrons. The van der Waals surface area contributed by atoms with Gasteiger partial charge in [-0.15, -0.1) is 0 Å². The predicted octanol–water partition coefficient (Wildman–Crippen LogP) is 15.6. The highest BCUT2D eigenvalue weighted by Gasteiger charge is 2.62. The number of benzene rings is 10. The number of nitrogens with zero attached hydrogens (tertiary/aromatic N) is 2. The van der Waals surface area contributed by atoms with Crippen molar-refractivity contribution in [3.05, 3.63) is 294 Å². The lowest BCUT2D eigenvalue weighted by molar-refractivity contribution is 0.358. The summed E-state index contributed by atoms with van der Waals surface area (Å²) in [6.07, 6.45) is 0.135. The Labute approximate surface area is 398 Å². The molecular weight excluding hydrogens is 823 g/mol. The highest BCUT2D eigenvalue weighted by atomic mass is 15.5. The van der Waals surface area contributed by atoms with Crippen LogP contribution in [-0.4, -0.2) is 10.9 Å². The maximum atomic E-state index is 4.04. The Hall–Kier alpha value is -8.08. The molecule has 5 unspecified atom stereocenters. The van der Waals surface area contributed by atoms with Crippen molar-refractivity contribution in [2.24, 2.45) is 0 Å². The molecule has 3 heterocycles. The van der Waals surface area contributed by atoms with Crippen LogP contribution in [-0.2, 0) is 5.41 Å². The summed E-state index contributed by atoms with van der Waals surface area (Å²) in [7, 11) is 0. The van der Waals surface area contributed by atoms with E-state index in [1.165, 1.54) is 94.8 Å². The normalized spacial score (nSPS) is 19.9. The summed E-state index contributed by atoms with van der Waals surface area (Å²) in [5.74, 6) is 0. The molecule has 1 spiro atoms. The molecule has 3 aliphatic heterocycles. The third-order valence-corrected chi connectivity index (χ3v) is 15.3. The standard InChI is InChI=1S/C65H47N3/c1-4-18-43(19-5-1)44-34-36-45(37-35-44)61-63-62(68(63)64(66-61)46-20-6-2-7-21-46)51-25-17-24-49(41-51)47-22-16-23-48(40-47)50-38-39-54-53-28-10-11-29-55(53)65(58(54)42-50)56-30-12-14-32-59(56)67(52-26-8-3-9-27-52)60-33-15-13-31-57(60)65/h1-42,61-64,66H. The van der Waals surface area contributed by atoms with Gasteiger partial charge in [0.2, 0.25) is 0 Å². The highest BCUT2D eigenvalue weighted by molar-refractivity contribution is 5.96. The zero-order valence-corrected chi connectivity index (χ0v) is 37.5. The molecule has 0 saturated carbocycles.